The van der Waals surface area contributed by atoms with Crippen molar-refractivity contribution >= 4 is 23.4 Å². The van der Waals surface area contributed by atoms with E-state index >= 15 is 0 Å². The highest BCUT2D eigenvalue weighted by Gasteiger charge is 2.21. The Balaban J connectivity index is 1.36. The number of H-pyrrole nitrogens is 1. The molecule has 0 spiro atoms. The monoisotopic (exact) mass is 464 g/mol. The first-order chi connectivity index (χ1) is 15.9. The molecule has 0 aliphatic carbocycles. The number of methoxy groups -OCH3 is 1. The van der Waals surface area contributed by atoms with Crippen LogP contribution in [0.4, 0.5) is 5.69 Å². The van der Waals surface area contributed by atoms with Crippen LogP contribution in [-0.4, -0.2) is 40.2 Å². The largest absolute Gasteiger partial charge is 0.497 e. The van der Waals surface area contributed by atoms with E-state index in [4.69, 9.17) is 4.74 Å². The number of aromatic nitrogens is 2. The van der Waals surface area contributed by atoms with Gasteiger partial charge >= 0.3 is 0 Å². The van der Waals surface area contributed by atoms with Gasteiger partial charge in [0.05, 0.1) is 24.1 Å². The van der Waals surface area contributed by atoms with Crippen molar-refractivity contribution in [1.82, 2.24) is 14.9 Å². The lowest BCUT2D eigenvalue weighted by Gasteiger charge is -2.27. The Morgan fingerprint density at radius 3 is 2.85 bits per heavy atom. The van der Waals surface area contributed by atoms with Gasteiger partial charge in [-0.3, -0.25) is 14.5 Å². The molecule has 8 heteroatoms. The maximum absolute atomic E-state index is 12.7. The highest BCUT2D eigenvalue weighted by Crippen LogP contribution is 2.21. The number of ether oxygens (including phenoxy) is 1. The Bertz CT molecular complexity index is 1220. The van der Waals surface area contributed by atoms with Gasteiger partial charge in [-0.05, 0) is 54.8 Å². The van der Waals surface area contributed by atoms with E-state index < -0.39 is 0 Å². The number of thioether (sulfide) groups is 1. The Morgan fingerprint density at radius 2 is 2.06 bits per heavy atom. The minimum absolute atomic E-state index is 0.131. The molecule has 0 unspecified atom stereocenters. The number of nitrogens with one attached hydrogen (secondary N) is 2. The van der Waals surface area contributed by atoms with E-state index in [-0.39, 0.29) is 17.2 Å². The maximum Gasteiger partial charge on any atom is 0.256 e. The van der Waals surface area contributed by atoms with E-state index in [0.717, 1.165) is 41.3 Å². The third-order valence-corrected chi connectivity index (χ3v) is 6.67. The molecule has 4 rings (SSSR count). The first-order valence-corrected chi connectivity index (χ1v) is 11.9. The highest BCUT2D eigenvalue weighted by atomic mass is 32.2. The molecule has 0 radical (unpaired) electrons. The molecule has 3 aromatic rings. The molecule has 0 bridgehead atoms. The van der Waals surface area contributed by atoms with Crippen molar-refractivity contribution in [1.29, 1.82) is 0 Å². The number of carbonyl (C=O) groups is 1. The second kappa shape index (κ2) is 10.2. The first-order valence-electron chi connectivity index (χ1n) is 10.9. The van der Waals surface area contributed by atoms with Crippen LogP contribution >= 0.6 is 11.8 Å². The fourth-order valence-electron chi connectivity index (χ4n) is 3.84. The number of benzene rings is 2. The number of rotatable bonds is 7. The number of nitrogens with zero attached hydrogens (tertiary/aromatic N) is 2. The van der Waals surface area contributed by atoms with Crippen molar-refractivity contribution in [3.05, 3.63) is 80.8 Å². The van der Waals surface area contributed by atoms with E-state index in [1.54, 1.807) is 7.11 Å². The molecular formula is C25H28N4O3S. The van der Waals surface area contributed by atoms with Gasteiger partial charge in [-0.2, -0.15) is 0 Å². The molecule has 7 nitrogen and oxygen atoms in total. The average Bonchev–Trinajstić information content (AvgIpc) is 2.81. The number of anilines is 1. The highest BCUT2D eigenvalue weighted by molar-refractivity contribution is 7.99. The zero-order chi connectivity index (χ0) is 23.4. The topological polar surface area (TPSA) is 87.3 Å². The maximum atomic E-state index is 12.7. The molecule has 2 aromatic carbocycles. The van der Waals surface area contributed by atoms with Gasteiger partial charge in [0.25, 0.3) is 5.56 Å². The number of fused-ring (bicyclic) bond motifs is 1. The van der Waals surface area contributed by atoms with Crippen LogP contribution in [0.2, 0.25) is 0 Å². The summed E-state index contributed by atoms with van der Waals surface area (Å²) in [7, 11) is 1.66. The average molecular weight is 465 g/mol. The molecule has 0 atom stereocenters. The summed E-state index contributed by atoms with van der Waals surface area (Å²) in [5, 5.41) is 3.38. The molecule has 2 N–H and O–H groups in total. The van der Waals surface area contributed by atoms with E-state index in [1.165, 1.54) is 17.3 Å². The minimum Gasteiger partial charge on any atom is -0.497 e. The summed E-state index contributed by atoms with van der Waals surface area (Å²) >= 11 is 1.24. The Hall–Kier alpha value is -3.10. The second-order valence-electron chi connectivity index (χ2n) is 8.24. The van der Waals surface area contributed by atoms with E-state index in [2.05, 4.69) is 26.3 Å². The van der Waals surface area contributed by atoms with Crippen molar-refractivity contribution in [3.63, 3.8) is 0 Å². The van der Waals surface area contributed by atoms with E-state index in [1.807, 2.05) is 50.2 Å². The van der Waals surface area contributed by atoms with E-state index in [0.29, 0.717) is 23.7 Å². The standard InChI is InChI=1S/C25H28N4O3S/c1-16-7-8-19(11-17(16)2)26-23(30)15-33-25-27-22-9-10-29(14-21(22)24(31)28-25)13-18-5-4-6-20(12-18)32-3/h4-8,11-12H,9-10,13-15H2,1-3H3,(H,26,30)(H,27,28,31). The van der Waals surface area contributed by atoms with Crippen LogP contribution in [0, 0.1) is 13.8 Å². The molecule has 33 heavy (non-hydrogen) atoms. The fraction of sp³-hybridized carbons (Fsp3) is 0.320. The van der Waals surface area contributed by atoms with Crippen molar-refractivity contribution in [2.45, 2.75) is 38.5 Å². The van der Waals surface area contributed by atoms with Crippen LogP contribution < -0.4 is 15.6 Å². The lowest BCUT2D eigenvalue weighted by atomic mass is 10.1. The van der Waals surface area contributed by atoms with Crippen LogP contribution in [0.25, 0.3) is 0 Å². The minimum atomic E-state index is -0.132. The van der Waals surface area contributed by atoms with Crippen LogP contribution in [0.15, 0.2) is 52.4 Å². The number of hydrogen-bond donors (Lipinski definition) is 2. The number of carbonyl (C=O) groups excluding carboxylic acids is 1. The molecule has 0 saturated carbocycles. The summed E-state index contributed by atoms with van der Waals surface area (Å²) in [5.41, 5.74) is 5.61. The molecule has 1 aromatic heterocycles. The van der Waals surface area contributed by atoms with Crippen molar-refractivity contribution in [3.8, 4) is 5.75 Å². The summed E-state index contributed by atoms with van der Waals surface area (Å²) in [6.07, 6.45) is 0.700. The molecule has 1 amide bonds. The molecule has 2 heterocycles. The van der Waals surface area contributed by atoms with Gasteiger partial charge in [-0.1, -0.05) is 30.0 Å². The second-order valence-corrected chi connectivity index (χ2v) is 9.21. The smallest absolute Gasteiger partial charge is 0.256 e. The molecule has 172 valence electrons. The number of amides is 1. The third-order valence-electron chi connectivity index (χ3n) is 5.80. The van der Waals surface area contributed by atoms with E-state index in [9.17, 15) is 9.59 Å². The van der Waals surface area contributed by atoms with Crippen molar-refractivity contribution in [2.24, 2.45) is 0 Å². The predicted octanol–water partition coefficient (Wildman–Crippen LogP) is 3.68. The predicted molar refractivity (Wildman–Crippen MR) is 131 cm³/mol. The number of aromatic amines is 1. The summed E-state index contributed by atoms with van der Waals surface area (Å²) < 4.78 is 5.30. The van der Waals surface area contributed by atoms with Crippen LogP contribution in [0.3, 0.4) is 0 Å². The van der Waals surface area contributed by atoms with Gasteiger partial charge in [0.2, 0.25) is 5.91 Å². The molecule has 0 saturated heterocycles. The summed E-state index contributed by atoms with van der Waals surface area (Å²) in [4.78, 5) is 34.8. The van der Waals surface area contributed by atoms with Crippen molar-refractivity contribution < 1.29 is 9.53 Å². The van der Waals surface area contributed by atoms with Gasteiger partial charge in [0.15, 0.2) is 5.16 Å². The zero-order valence-electron chi connectivity index (χ0n) is 19.1. The Morgan fingerprint density at radius 1 is 1.21 bits per heavy atom. The van der Waals surface area contributed by atoms with Gasteiger partial charge in [-0.15, -0.1) is 0 Å². The SMILES string of the molecule is COc1cccc(CN2CCc3nc(SCC(=O)Nc4ccc(C)c(C)c4)[nH]c(=O)c3C2)c1. The summed E-state index contributed by atoms with van der Waals surface area (Å²) in [6, 6.07) is 13.8. The fourth-order valence-corrected chi connectivity index (χ4v) is 4.52. The summed E-state index contributed by atoms with van der Waals surface area (Å²) in [6.45, 7) is 6.16. The first kappa shape index (κ1) is 23.1. The van der Waals surface area contributed by atoms with Crippen LogP contribution in [0.5, 0.6) is 5.75 Å². The zero-order valence-corrected chi connectivity index (χ0v) is 19.9. The van der Waals surface area contributed by atoms with Crippen molar-refractivity contribution in [2.75, 3.05) is 24.7 Å². The van der Waals surface area contributed by atoms with Gasteiger partial charge in [-0.25, -0.2) is 4.98 Å². The van der Waals surface area contributed by atoms with Gasteiger partial charge < -0.3 is 15.0 Å². The van der Waals surface area contributed by atoms with Crippen LogP contribution in [-0.2, 0) is 24.3 Å². The normalized spacial score (nSPS) is 13.4. The lowest BCUT2D eigenvalue weighted by Crippen LogP contribution is -2.35. The Labute approximate surface area is 197 Å². The summed E-state index contributed by atoms with van der Waals surface area (Å²) in [5.74, 6) is 0.872. The van der Waals surface area contributed by atoms with Gasteiger partial charge in [0, 0.05) is 31.7 Å². The quantitative estimate of drug-likeness (QED) is 0.410. The molecule has 1 aliphatic rings. The molecule has 0 fully saturated rings. The Kier molecular flexibility index (Phi) is 7.15. The number of aryl methyl sites for hydroxylation is 2. The number of hydrogen-bond acceptors (Lipinski definition) is 6. The van der Waals surface area contributed by atoms with Crippen LogP contribution in [0.1, 0.15) is 27.9 Å². The lowest BCUT2D eigenvalue weighted by molar-refractivity contribution is -0.113. The molecule has 1 aliphatic heterocycles. The van der Waals surface area contributed by atoms with Gasteiger partial charge in [0.1, 0.15) is 5.75 Å². The molecular weight excluding hydrogens is 436 g/mol. The third kappa shape index (κ3) is 5.83.